The first-order valence-corrected chi connectivity index (χ1v) is 9.61. The van der Waals surface area contributed by atoms with Gasteiger partial charge in [0.1, 0.15) is 0 Å². The minimum atomic E-state index is -0.0638. The number of rotatable bonds is 3. The normalized spacial score (nSPS) is 16.9. The SMILES string of the molecule is Cc1cc(C(=O)N2CCCN(Cc3csc(C(C)(C)C)n3)CC2)on1. The lowest BCUT2D eigenvalue weighted by Crippen LogP contribution is -2.35. The summed E-state index contributed by atoms with van der Waals surface area (Å²) in [5.41, 5.74) is 1.96. The van der Waals surface area contributed by atoms with E-state index in [0.29, 0.717) is 12.3 Å². The average molecular weight is 362 g/mol. The molecule has 1 amide bonds. The highest BCUT2D eigenvalue weighted by Crippen LogP contribution is 2.26. The molecular weight excluding hydrogens is 336 g/mol. The van der Waals surface area contributed by atoms with Crippen molar-refractivity contribution in [2.45, 2.75) is 46.1 Å². The second-order valence-corrected chi connectivity index (χ2v) is 8.51. The summed E-state index contributed by atoms with van der Waals surface area (Å²) in [6.07, 6.45) is 0.953. The van der Waals surface area contributed by atoms with E-state index in [1.807, 2.05) is 11.8 Å². The predicted molar refractivity (Wildman–Crippen MR) is 97.9 cm³/mol. The molecule has 0 unspecified atom stereocenters. The van der Waals surface area contributed by atoms with Gasteiger partial charge < -0.3 is 9.42 Å². The van der Waals surface area contributed by atoms with E-state index in [-0.39, 0.29) is 11.3 Å². The van der Waals surface area contributed by atoms with Crippen LogP contribution in [-0.4, -0.2) is 52.0 Å². The van der Waals surface area contributed by atoms with Crippen LogP contribution in [-0.2, 0) is 12.0 Å². The Labute approximate surface area is 152 Å². The summed E-state index contributed by atoms with van der Waals surface area (Å²) in [5.74, 6) is 0.270. The van der Waals surface area contributed by atoms with Crippen LogP contribution >= 0.6 is 11.3 Å². The molecule has 7 heteroatoms. The number of carbonyl (C=O) groups excluding carboxylic acids is 1. The largest absolute Gasteiger partial charge is 0.351 e. The Bertz CT molecular complexity index is 732. The molecule has 1 saturated heterocycles. The van der Waals surface area contributed by atoms with Crippen LogP contribution < -0.4 is 0 Å². The van der Waals surface area contributed by atoms with E-state index >= 15 is 0 Å². The van der Waals surface area contributed by atoms with Gasteiger partial charge in [0, 0.05) is 49.6 Å². The van der Waals surface area contributed by atoms with Gasteiger partial charge in [-0.25, -0.2) is 4.98 Å². The van der Waals surface area contributed by atoms with E-state index in [2.05, 4.69) is 36.2 Å². The maximum absolute atomic E-state index is 12.5. The fourth-order valence-corrected chi connectivity index (χ4v) is 3.80. The zero-order chi connectivity index (χ0) is 18.0. The van der Waals surface area contributed by atoms with Gasteiger partial charge in [0.25, 0.3) is 5.91 Å². The van der Waals surface area contributed by atoms with Gasteiger partial charge in [0.2, 0.25) is 5.76 Å². The van der Waals surface area contributed by atoms with Crippen molar-refractivity contribution in [1.29, 1.82) is 0 Å². The Morgan fingerprint density at radius 3 is 2.72 bits per heavy atom. The fourth-order valence-electron chi connectivity index (χ4n) is 2.91. The third-order valence-corrected chi connectivity index (χ3v) is 5.61. The molecule has 0 saturated carbocycles. The second kappa shape index (κ2) is 7.25. The van der Waals surface area contributed by atoms with Gasteiger partial charge in [0.15, 0.2) is 0 Å². The molecule has 0 aromatic carbocycles. The van der Waals surface area contributed by atoms with Crippen molar-refractivity contribution in [1.82, 2.24) is 19.9 Å². The van der Waals surface area contributed by atoms with Gasteiger partial charge in [-0.05, 0) is 13.3 Å². The van der Waals surface area contributed by atoms with E-state index < -0.39 is 0 Å². The van der Waals surface area contributed by atoms with Gasteiger partial charge >= 0.3 is 0 Å². The Kier molecular flexibility index (Phi) is 5.24. The van der Waals surface area contributed by atoms with E-state index in [1.54, 1.807) is 17.4 Å². The van der Waals surface area contributed by atoms with Crippen molar-refractivity contribution in [3.8, 4) is 0 Å². The fraction of sp³-hybridized carbons (Fsp3) is 0.611. The van der Waals surface area contributed by atoms with Gasteiger partial charge in [-0.3, -0.25) is 9.69 Å². The first-order chi connectivity index (χ1) is 11.8. The molecule has 25 heavy (non-hydrogen) atoms. The summed E-state index contributed by atoms with van der Waals surface area (Å²) < 4.78 is 5.11. The number of hydrogen-bond donors (Lipinski definition) is 0. The molecule has 136 valence electrons. The second-order valence-electron chi connectivity index (χ2n) is 7.65. The quantitative estimate of drug-likeness (QED) is 0.840. The van der Waals surface area contributed by atoms with Crippen LogP contribution in [0.25, 0.3) is 0 Å². The molecule has 2 aromatic rings. The summed E-state index contributed by atoms with van der Waals surface area (Å²) in [7, 11) is 0. The molecule has 1 fully saturated rings. The highest BCUT2D eigenvalue weighted by molar-refractivity contribution is 7.09. The summed E-state index contributed by atoms with van der Waals surface area (Å²) in [6.45, 7) is 12.5. The number of aromatic nitrogens is 2. The Morgan fingerprint density at radius 1 is 1.28 bits per heavy atom. The third kappa shape index (κ3) is 4.46. The first kappa shape index (κ1) is 18.1. The van der Waals surface area contributed by atoms with Crippen molar-refractivity contribution in [3.63, 3.8) is 0 Å². The van der Waals surface area contributed by atoms with Crippen LogP contribution in [0.4, 0.5) is 0 Å². The van der Waals surface area contributed by atoms with E-state index in [1.165, 1.54) is 5.01 Å². The molecule has 0 bridgehead atoms. The Hall–Kier alpha value is -1.73. The van der Waals surface area contributed by atoms with Crippen molar-refractivity contribution >= 4 is 17.2 Å². The molecule has 6 nitrogen and oxygen atoms in total. The summed E-state index contributed by atoms with van der Waals surface area (Å²) in [5, 5.41) is 7.14. The molecule has 0 aliphatic carbocycles. The molecule has 2 aromatic heterocycles. The minimum absolute atomic E-state index is 0.0638. The molecule has 0 atom stereocenters. The smallest absolute Gasteiger partial charge is 0.292 e. The topological polar surface area (TPSA) is 62.5 Å². The Balaban J connectivity index is 1.58. The van der Waals surface area contributed by atoms with Crippen LogP contribution in [0.2, 0.25) is 0 Å². The molecule has 0 radical (unpaired) electrons. The molecule has 0 N–H and O–H groups in total. The number of hydrogen-bond acceptors (Lipinski definition) is 6. The summed E-state index contributed by atoms with van der Waals surface area (Å²) in [6, 6.07) is 1.70. The summed E-state index contributed by atoms with van der Waals surface area (Å²) in [4.78, 5) is 21.5. The lowest BCUT2D eigenvalue weighted by Gasteiger charge is -2.20. The van der Waals surface area contributed by atoms with Crippen LogP contribution in [0.5, 0.6) is 0 Å². The van der Waals surface area contributed by atoms with Gasteiger partial charge in [-0.2, -0.15) is 0 Å². The zero-order valence-corrected chi connectivity index (χ0v) is 16.2. The molecule has 0 spiro atoms. The van der Waals surface area contributed by atoms with E-state index in [0.717, 1.165) is 44.0 Å². The number of amides is 1. The number of aryl methyl sites for hydroxylation is 1. The van der Waals surface area contributed by atoms with Gasteiger partial charge in [-0.1, -0.05) is 25.9 Å². The van der Waals surface area contributed by atoms with Crippen LogP contribution in [0.3, 0.4) is 0 Å². The monoisotopic (exact) mass is 362 g/mol. The number of thiazole rings is 1. The summed E-state index contributed by atoms with van der Waals surface area (Å²) >= 11 is 1.73. The molecule has 1 aliphatic rings. The van der Waals surface area contributed by atoms with Crippen molar-refractivity contribution in [2.24, 2.45) is 0 Å². The van der Waals surface area contributed by atoms with Gasteiger partial charge in [0.05, 0.1) is 16.4 Å². The minimum Gasteiger partial charge on any atom is -0.351 e. The Morgan fingerprint density at radius 2 is 2.08 bits per heavy atom. The molecular formula is C18H26N4O2S. The maximum atomic E-state index is 12.5. The lowest BCUT2D eigenvalue weighted by atomic mass is 9.98. The van der Waals surface area contributed by atoms with Gasteiger partial charge in [-0.15, -0.1) is 11.3 Å². The number of nitrogens with zero attached hydrogens (tertiary/aromatic N) is 4. The average Bonchev–Trinajstić information content (AvgIpc) is 3.12. The molecule has 1 aliphatic heterocycles. The van der Waals surface area contributed by atoms with Crippen molar-refractivity contribution in [3.05, 3.63) is 33.6 Å². The highest BCUT2D eigenvalue weighted by Gasteiger charge is 2.24. The van der Waals surface area contributed by atoms with E-state index in [4.69, 9.17) is 9.51 Å². The molecule has 3 rings (SSSR count). The lowest BCUT2D eigenvalue weighted by molar-refractivity contribution is 0.0719. The van der Waals surface area contributed by atoms with Crippen molar-refractivity contribution < 1.29 is 9.32 Å². The van der Waals surface area contributed by atoms with Crippen LogP contribution in [0.15, 0.2) is 16.0 Å². The number of carbonyl (C=O) groups is 1. The third-order valence-electron chi connectivity index (χ3n) is 4.29. The molecule has 3 heterocycles. The van der Waals surface area contributed by atoms with Crippen molar-refractivity contribution in [2.75, 3.05) is 26.2 Å². The standard InChI is InChI=1S/C18H26N4O2S/c1-13-10-15(24-20-13)16(23)22-7-5-6-21(8-9-22)11-14-12-25-17(19-14)18(2,3)4/h10,12H,5-9,11H2,1-4H3. The first-order valence-electron chi connectivity index (χ1n) is 8.73. The van der Waals surface area contributed by atoms with Crippen LogP contribution in [0, 0.1) is 6.92 Å². The van der Waals surface area contributed by atoms with E-state index in [9.17, 15) is 4.79 Å². The zero-order valence-electron chi connectivity index (χ0n) is 15.4. The van der Waals surface area contributed by atoms with Crippen LogP contribution in [0.1, 0.15) is 54.1 Å². The highest BCUT2D eigenvalue weighted by atomic mass is 32.1. The predicted octanol–water partition coefficient (Wildman–Crippen LogP) is 3.09. The maximum Gasteiger partial charge on any atom is 0.292 e.